The molecule has 0 bridgehead atoms. The van der Waals surface area contributed by atoms with E-state index in [0.29, 0.717) is 0 Å². The molecule has 3 rings (SSSR count). The zero-order valence-corrected chi connectivity index (χ0v) is 26.6. The van der Waals surface area contributed by atoms with Gasteiger partial charge in [-0.3, -0.25) is 9.98 Å². The molecule has 0 aliphatic rings. The van der Waals surface area contributed by atoms with E-state index in [1.807, 2.05) is 30.6 Å². The number of aliphatic imine (C=N–C) groups is 2. The zero-order chi connectivity index (χ0) is 24.5. The molecule has 208 valence electrons. The Morgan fingerprint density at radius 3 is 1.13 bits per heavy atom. The molecule has 0 fully saturated rings. The van der Waals surface area contributed by atoms with Gasteiger partial charge in [-0.25, -0.2) is 4.98 Å². The molecule has 1 heterocycles. The fourth-order valence-electron chi connectivity index (χ4n) is 4.36. The predicted molar refractivity (Wildman–Crippen MR) is 148 cm³/mol. The summed E-state index contributed by atoms with van der Waals surface area (Å²) in [5.41, 5.74) is 11.9. The normalized spacial score (nSPS) is 10.5. The van der Waals surface area contributed by atoms with E-state index in [4.69, 9.17) is 15.0 Å². The van der Waals surface area contributed by atoms with Gasteiger partial charge in [-0.2, -0.15) is 0 Å². The van der Waals surface area contributed by atoms with Crippen LogP contribution in [0.4, 0.5) is 11.4 Å². The summed E-state index contributed by atoms with van der Waals surface area (Å²) in [6.45, 7) is 13.2. The van der Waals surface area contributed by atoms with Crippen LogP contribution in [-0.4, -0.2) is 17.4 Å². The molecule has 3 nitrogen and oxygen atoms in total. The van der Waals surface area contributed by atoms with Crippen LogP contribution in [0.25, 0.3) is 0 Å². The van der Waals surface area contributed by atoms with Gasteiger partial charge in [-0.1, -0.05) is 71.9 Å². The fourth-order valence-corrected chi connectivity index (χ4v) is 4.36. The van der Waals surface area contributed by atoms with Crippen molar-refractivity contribution < 1.29 is 54.0 Å². The van der Waals surface area contributed by atoms with Crippen LogP contribution in [0.2, 0.25) is 0 Å². The van der Waals surface area contributed by atoms with E-state index in [-0.39, 0.29) is 54.0 Å². The molecular weight excluding hydrogens is 580 g/mol. The average Bonchev–Trinajstić information content (AvgIpc) is 2.89. The van der Waals surface area contributed by atoms with Gasteiger partial charge in [-0.15, -0.1) is 0 Å². The van der Waals surface area contributed by atoms with Crippen LogP contribution in [0.1, 0.15) is 86.3 Å². The number of hydrogen-bond acceptors (Lipinski definition) is 3. The van der Waals surface area contributed by atoms with Crippen LogP contribution >= 0.6 is 0 Å². The Balaban J connectivity index is 0. The number of aromatic nitrogens is 1. The molecule has 0 atom stereocenters. The topological polar surface area (TPSA) is 37.6 Å². The van der Waals surface area contributed by atoms with E-state index in [1.54, 1.807) is 0 Å². The van der Waals surface area contributed by atoms with Gasteiger partial charge in [0.15, 0.2) is 0 Å². The minimum atomic E-state index is 0. The molecule has 3 aromatic rings. The molecule has 2 aromatic carbocycles. The van der Waals surface area contributed by atoms with E-state index >= 15 is 0 Å². The number of halogens is 3. The molecule has 0 amide bonds. The first kappa shape index (κ1) is 38.5. The van der Waals surface area contributed by atoms with E-state index in [2.05, 4.69) is 65.8 Å². The van der Waals surface area contributed by atoms with Gasteiger partial charge in [0.2, 0.25) is 0 Å². The maximum atomic E-state index is 4.89. The van der Waals surface area contributed by atoms with Crippen LogP contribution in [0.5, 0.6) is 0 Å². The van der Waals surface area contributed by atoms with Crippen molar-refractivity contribution in [3.05, 3.63) is 87.2 Å². The summed E-state index contributed by atoms with van der Waals surface area (Å²) in [4.78, 5) is 14.6. The second kappa shape index (κ2) is 19.4. The van der Waals surface area contributed by atoms with Gasteiger partial charge in [0, 0.05) is 0 Å². The molecule has 7 heteroatoms. The third kappa shape index (κ3) is 9.80. The smallest absolute Gasteiger partial charge is 1.00 e. The second-order valence-electron chi connectivity index (χ2n) is 8.65. The Morgan fingerprint density at radius 2 is 0.868 bits per heavy atom. The first-order valence-electron chi connectivity index (χ1n) is 12.9. The summed E-state index contributed by atoms with van der Waals surface area (Å²) in [5.74, 6) is 0. The number of aryl methyl sites for hydroxylation is 6. The fraction of sp³-hybridized carbons (Fsp3) is 0.387. The third-order valence-electron chi connectivity index (χ3n) is 6.44. The average molecular weight is 619 g/mol. The molecular formula is C31H39Cl3CoN3. The summed E-state index contributed by atoms with van der Waals surface area (Å²) in [6.07, 6.45) is 9.78. The zero-order valence-electron chi connectivity index (χ0n) is 23.2. The SMILES string of the molecule is CCc1cc(CC)c(N=Cc2cccc(C=Nc3c(CC)cc(CC)cc3CC)n2)c(CC)c1.[Cl-].[Cl-].[Cl-].[Co+3]. The van der Waals surface area contributed by atoms with Crippen molar-refractivity contribution in [3.63, 3.8) is 0 Å². The number of rotatable bonds is 10. The Kier molecular flexibility index (Phi) is 19.6. The molecule has 0 saturated carbocycles. The van der Waals surface area contributed by atoms with Crippen LogP contribution in [0.15, 0.2) is 52.4 Å². The quantitative estimate of drug-likeness (QED) is 0.268. The minimum Gasteiger partial charge on any atom is -1.00 e. The van der Waals surface area contributed by atoms with E-state index in [1.165, 1.54) is 33.4 Å². The summed E-state index contributed by atoms with van der Waals surface area (Å²) in [6, 6.07) is 15.2. The molecule has 1 aromatic heterocycles. The second-order valence-corrected chi connectivity index (χ2v) is 8.65. The molecule has 0 aliphatic heterocycles. The van der Waals surface area contributed by atoms with Crippen LogP contribution < -0.4 is 37.2 Å². The van der Waals surface area contributed by atoms with E-state index in [9.17, 15) is 0 Å². The van der Waals surface area contributed by atoms with Gasteiger partial charge >= 0.3 is 16.8 Å². The Morgan fingerprint density at radius 1 is 0.553 bits per heavy atom. The van der Waals surface area contributed by atoms with Crippen LogP contribution in [0.3, 0.4) is 0 Å². The van der Waals surface area contributed by atoms with Crippen LogP contribution in [-0.2, 0) is 55.3 Å². The molecule has 0 spiro atoms. The van der Waals surface area contributed by atoms with Crippen molar-refractivity contribution in [1.29, 1.82) is 0 Å². The van der Waals surface area contributed by atoms with Gasteiger partial charge in [0.25, 0.3) is 0 Å². The van der Waals surface area contributed by atoms with Crippen molar-refractivity contribution in [2.45, 2.75) is 80.1 Å². The number of pyridine rings is 1. The van der Waals surface area contributed by atoms with Gasteiger partial charge in [0.05, 0.1) is 35.2 Å². The monoisotopic (exact) mass is 617 g/mol. The maximum absolute atomic E-state index is 4.89. The van der Waals surface area contributed by atoms with Crippen molar-refractivity contribution in [3.8, 4) is 0 Å². The predicted octanol–water partition coefficient (Wildman–Crippen LogP) is -1.03. The minimum absolute atomic E-state index is 0. The molecule has 0 saturated heterocycles. The Bertz CT molecular complexity index is 1050. The number of benzene rings is 2. The van der Waals surface area contributed by atoms with Gasteiger partial charge < -0.3 is 37.2 Å². The van der Waals surface area contributed by atoms with E-state index < -0.39 is 0 Å². The molecule has 0 unspecified atom stereocenters. The molecule has 0 aliphatic carbocycles. The van der Waals surface area contributed by atoms with Crippen molar-refractivity contribution in [2.24, 2.45) is 9.98 Å². The van der Waals surface area contributed by atoms with Crippen molar-refractivity contribution in [2.75, 3.05) is 0 Å². The van der Waals surface area contributed by atoms with Gasteiger partial charge in [-0.05, 0) is 84.0 Å². The summed E-state index contributed by atoms with van der Waals surface area (Å²) >= 11 is 0. The molecule has 0 radical (unpaired) electrons. The van der Waals surface area contributed by atoms with Crippen molar-refractivity contribution in [1.82, 2.24) is 4.98 Å². The molecule has 38 heavy (non-hydrogen) atoms. The summed E-state index contributed by atoms with van der Waals surface area (Å²) in [5, 5.41) is 0. The van der Waals surface area contributed by atoms with E-state index in [0.717, 1.165) is 61.3 Å². The number of hydrogen-bond donors (Lipinski definition) is 0. The molecule has 0 N–H and O–H groups in total. The first-order valence-corrected chi connectivity index (χ1v) is 12.9. The third-order valence-corrected chi connectivity index (χ3v) is 6.44. The van der Waals surface area contributed by atoms with Crippen molar-refractivity contribution >= 4 is 23.8 Å². The largest absolute Gasteiger partial charge is 3.00 e. The van der Waals surface area contributed by atoms with Gasteiger partial charge in [0.1, 0.15) is 0 Å². The summed E-state index contributed by atoms with van der Waals surface area (Å²) < 4.78 is 0. The number of nitrogens with zero attached hydrogens (tertiary/aromatic N) is 3. The van der Waals surface area contributed by atoms with Crippen LogP contribution in [0, 0.1) is 0 Å². The maximum Gasteiger partial charge on any atom is 3.00 e. The Labute approximate surface area is 258 Å². The summed E-state index contributed by atoms with van der Waals surface area (Å²) in [7, 11) is 0. The standard InChI is InChI=1S/C31H39N3.3ClH.Co/c1-7-22-16-24(9-3)30(25(10-4)17-22)32-20-28-14-13-15-29(34-28)21-33-31-26(11-5)18-23(8-2)19-27(31)12-6;;;;/h13-21H,7-12H2,1-6H3;3*1H;/q;;;;+3/p-3. The first-order chi connectivity index (χ1) is 16.6. The Hall–Kier alpha value is -1.69.